The van der Waals surface area contributed by atoms with Crippen molar-refractivity contribution in [3.05, 3.63) is 17.7 Å². The predicted molar refractivity (Wildman–Crippen MR) is 109 cm³/mol. The molecule has 2 N–H and O–H groups in total. The first-order chi connectivity index (χ1) is 13.0. The molecule has 0 spiro atoms. The lowest BCUT2D eigenvalue weighted by atomic mass is 10.1. The molecule has 1 heterocycles. The van der Waals surface area contributed by atoms with Gasteiger partial charge in [0.2, 0.25) is 11.7 Å². The van der Waals surface area contributed by atoms with Crippen molar-refractivity contribution < 1.29 is 23.8 Å². The van der Waals surface area contributed by atoms with Gasteiger partial charge in [0.1, 0.15) is 0 Å². The molecule has 0 saturated carbocycles. The minimum absolute atomic E-state index is 0. The van der Waals surface area contributed by atoms with Crippen molar-refractivity contribution in [1.82, 2.24) is 9.80 Å². The second kappa shape index (κ2) is 11.0. The molecule has 1 aromatic rings. The lowest BCUT2D eigenvalue weighted by molar-refractivity contribution is -0.134. The van der Waals surface area contributed by atoms with Crippen LogP contribution in [-0.2, 0) is 4.79 Å². The highest BCUT2D eigenvalue weighted by atomic mass is 35.5. The first-order valence-electron chi connectivity index (χ1n) is 9.11. The van der Waals surface area contributed by atoms with Crippen molar-refractivity contribution in [3.8, 4) is 17.2 Å². The zero-order valence-electron chi connectivity index (χ0n) is 16.9. The second-order valence-electron chi connectivity index (χ2n) is 6.39. The topological polar surface area (TPSA) is 94.3 Å². The minimum atomic E-state index is -0.469. The zero-order chi connectivity index (χ0) is 20.0. The van der Waals surface area contributed by atoms with E-state index in [1.54, 1.807) is 21.9 Å². The average molecular weight is 416 g/mol. The van der Waals surface area contributed by atoms with Crippen molar-refractivity contribution in [2.24, 2.45) is 5.73 Å². The van der Waals surface area contributed by atoms with Gasteiger partial charge in [-0.05, 0) is 18.6 Å². The van der Waals surface area contributed by atoms with Gasteiger partial charge in [-0.1, -0.05) is 13.3 Å². The summed E-state index contributed by atoms with van der Waals surface area (Å²) in [5.41, 5.74) is 6.33. The number of ether oxygens (including phenoxy) is 3. The van der Waals surface area contributed by atoms with E-state index in [1.807, 2.05) is 6.92 Å². The van der Waals surface area contributed by atoms with Crippen LogP contribution in [0.1, 0.15) is 30.1 Å². The van der Waals surface area contributed by atoms with Crippen molar-refractivity contribution in [1.29, 1.82) is 0 Å². The maximum atomic E-state index is 13.0. The summed E-state index contributed by atoms with van der Waals surface area (Å²) in [6, 6.07) is 2.87. The Labute approximate surface area is 172 Å². The van der Waals surface area contributed by atoms with Crippen LogP contribution in [0.2, 0.25) is 0 Å². The average Bonchev–Trinajstić information content (AvgIpc) is 2.71. The number of carbonyl (C=O) groups excluding carboxylic acids is 2. The number of hydrogen-bond donors (Lipinski definition) is 1. The van der Waals surface area contributed by atoms with Crippen LogP contribution in [0.15, 0.2) is 12.1 Å². The highest BCUT2D eigenvalue weighted by Gasteiger charge is 2.29. The zero-order valence-corrected chi connectivity index (χ0v) is 17.7. The van der Waals surface area contributed by atoms with Crippen LogP contribution in [0, 0.1) is 0 Å². The van der Waals surface area contributed by atoms with Gasteiger partial charge in [-0.15, -0.1) is 12.4 Å². The predicted octanol–water partition coefficient (Wildman–Crippen LogP) is 1.55. The summed E-state index contributed by atoms with van der Waals surface area (Å²) in [6.07, 6.45) is 1.53. The maximum absolute atomic E-state index is 13.0. The van der Waals surface area contributed by atoms with Gasteiger partial charge < -0.3 is 29.7 Å². The van der Waals surface area contributed by atoms with E-state index in [1.165, 1.54) is 21.3 Å². The Bertz CT molecular complexity index is 678. The molecule has 1 aliphatic heterocycles. The summed E-state index contributed by atoms with van der Waals surface area (Å²) in [5, 5.41) is 0. The van der Waals surface area contributed by atoms with Gasteiger partial charge in [-0.25, -0.2) is 0 Å². The van der Waals surface area contributed by atoms with Gasteiger partial charge in [-0.3, -0.25) is 9.59 Å². The summed E-state index contributed by atoms with van der Waals surface area (Å²) < 4.78 is 16.0. The van der Waals surface area contributed by atoms with Crippen LogP contribution in [0.3, 0.4) is 0 Å². The number of piperazine rings is 1. The number of rotatable bonds is 7. The molecule has 0 bridgehead atoms. The molecule has 1 atom stereocenters. The van der Waals surface area contributed by atoms with E-state index >= 15 is 0 Å². The van der Waals surface area contributed by atoms with Crippen molar-refractivity contribution in [3.63, 3.8) is 0 Å². The largest absolute Gasteiger partial charge is 0.493 e. The van der Waals surface area contributed by atoms with Gasteiger partial charge in [0.15, 0.2) is 11.5 Å². The Hall–Kier alpha value is -2.19. The number of nitrogens with zero attached hydrogens (tertiary/aromatic N) is 2. The fourth-order valence-electron chi connectivity index (χ4n) is 3.24. The number of amides is 2. The Morgan fingerprint density at radius 3 is 2.07 bits per heavy atom. The van der Waals surface area contributed by atoms with E-state index in [9.17, 15) is 9.59 Å². The van der Waals surface area contributed by atoms with Crippen molar-refractivity contribution >= 4 is 24.2 Å². The van der Waals surface area contributed by atoms with Crippen LogP contribution in [-0.4, -0.2) is 75.2 Å². The molecule has 0 aliphatic carbocycles. The number of halogens is 1. The Morgan fingerprint density at radius 2 is 1.57 bits per heavy atom. The smallest absolute Gasteiger partial charge is 0.257 e. The van der Waals surface area contributed by atoms with E-state index in [0.717, 1.165) is 6.42 Å². The Balaban J connectivity index is 0.00000392. The molecule has 1 aliphatic rings. The summed E-state index contributed by atoms with van der Waals surface area (Å²) in [7, 11) is 4.51. The quantitative estimate of drug-likeness (QED) is 0.726. The van der Waals surface area contributed by atoms with E-state index in [2.05, 4.69) is 0 Å². The Kier molecular flexibility index (Phi) is 9.34. The van der Waals surface area contributed by atoms with Crippen LogP contribution in [0.4, 0.5) is 0 Å². The third-order valence-electron chi connectivity index (χ3n) is 4.73. The number of methoxy groups -OCH3 is 3. The highest BCUT2D eigenvalue weighted by molar-refractivity contribution is 5.98. The molecular weight excluding hydrogens is 386 g/mol. The monoisotopic (exact) mass is 415 g/mol. The number of benzene rings is 1. The minimum Gasteiger partial charge on any atom is -0.493 e. The first-order valence-corrected chi connectivity index (χ1v) is 9.11. The van der Waals surface area contributed by atoms with Crippen LogP contribution >= 0.6 is 12.4 Å². The van der Waals surface area contributed by atoms with Crippen LogP contribution < -0.4 is 19.9 Å². The van der Waals surface area contributed by atoms with Gasteiger partial charge in [0.25, 0.3) is 5.91 Å². The molecule has 0 radical (unpaired) electrons. The third kappa shape index (κ3) is 4.99. The standard InChI is InChI=1S/C19H29N3O5.ClH/c1-5-6-14(20)19(24)22-11-9-21(10-12-22)18(23)13-7-8-15(25-2)17(27-4)16(13)26-3;/h7-8,14H,5-6,9-12,20H2,1-4H3;1H. The number of nitrogens with two attached hydrogens (primary N) is 1. The van der Waals surface area contributed by atoms with E-state index < -0.39 is 6.04 Å². The number of hydrogen-bond acceptors (Lipinski definition) is 6. The lowest BCUT2D eigenvalue weighted by Gasteiger charge is -2.36. The Morgan fingerprint density at radius 1 is 1.00 bits per heavy atom. The van der Waals surface area contributed by atoms with E-state index in [0.29, 0.717) is 55.4 Å². The van der Waals surface area contributed by atoms with Gasteiger partial charge in [-0.2, -0.15) is 0 Å². The molecule has 28 heavy (non-hydrogen) atoms. The van der Waals surface area contributed by atoms with Gasteiger partial charge >= 0.3 is 0 Å². The van der Waals surface area contributed by atoms with Crippen molar-refractivity contribution in [2.75, 3.05) is 47.5 Å². The fraction of sp³-hybridized carbons (Fsp3) is 0.579. The molecule has 9 heteroatoms. The van der Waals surface area contributed by atoms with Crippen molar-refractivity contribution in [2.45, 2.75) is 25.8 Å². The molecular formula is C19H30ClN3O5. The summed E-state index contributed by atoms with van der Waals surface area (Å²) >= 11 is 0. The summed E-state index contributed by atoms with van der Waals surface area (Å²) in [6.45, 7) is 3.83. The van der Waals surface area contributed by atoms with E-state index in [-0.39, 0.29) is 24.2 Å². The molecule has 1 unspecified atom stereocenters. The SMILES string of the molecule is CCCC(N)C(=O)N1CCN(C(=O)c2ccc(OC)c(OC)c2OC)CC1.Cl. The summed E-state index contributed by atoms with van der Waals surface area (Å²) in [4.78, 5) is 28.8. The molecule has 1 saturated heterocycles. The van der Waals surface area contributed by atoms with E-state index in [4.69, 9.17) is 19.9 Å². The molecule has 2 amide bonds. The third-order valence-corrected chi connectivity index (χ3v) is 4.73. The normalized spacial score (nSPS) is 14.8. The van der Waals surface area contributed by atoms with Gasteiger partial charge in [0.05, 0.1) is 32.9 Å². The van der Waals surface area contributed by atoms with Crippen LogP contribution in [0.25, 0.3) is 0 Å². The maximum Gasteiger partial charge on any atom is 0.257 e. The lowest BCUT2D eigenvalue weighted by Crippen LogP contribution is -2.54. The molecule has 2 rings (SSSR count). The molecule has 1 fully saturated rings. The molecule has 158 valence electrons. The first kappa shape index (κ1) is 23.8. The number of carbonyl (C=O) groups is 2. The fourth-order valence-corrected chi connectivity index (χ4v) is 3.24. The highest BCUT2D eigenvalue weighted by Crippen LogP contribution is 2.40. The molecule has 1 aromatic carbocycles. The van der Waals surface area contributed by atoms with Crippen LogP contribution in [0.5, 0.6) is 17.2 Å². The summed E-state index contributed by atoms with van der Waals surface area (Å²) in [5.74, 6) is 0.993. The second-order valence-corrected chi connectivity index (χ2v) is 6.39. The molecule has 0 aromatic heterocycles. The van der Waals surface area contributed by atoms with Gasteiger partial charge in [0, 0.05) is 26.2 Å². The molecule has 8 nitrogen and oxygen atoms in total.